The van der Waals surface area contributed by atoms with Crippen LogP contribution in [-0.4, -0.2) is 24.5 Å². The number of nitrogens with zero attached hydrogens (tertiary/aromatic N) is 2. The summed E-state index contributed by atoms with van der Waals surface area (Å²) in [6.45, 7) is 0.844. The number of hydrogen-bond donors (Lipinski definition) is 0. The van der Waals surface area contributed by atoms with Gasteiger partial charge in [-0.2, -0.15) is 5.10 Å². The first-order valence-electron chi connectivity index (χ1n) is 7.28. The lowest BCUT2D eigenvalue weighted by atomic mass is 9.82. The van der Waals surface area contributed by atoms with Crippen molar-refractivity contribution in [2.75, 3.05) is 6.26 Å². The van der Waals surface area contributed by atoms with Crippen LogP contribution in [0.1, 0.15) is 29.2 Å². The minimum Gasteiger partial charge on any atom is -0.273 e. The van der Waals surface area contributed by atoms with E-state index in [0.29, 0.717) is 5.92 Å². The summed E-state index contributed by atoms with van der Waals surface area (Å²) >= 11 is 0. The van der Waals surface area contributed by atoms with Gasteiger partial charge in [0.15, 0.2) is 9.84 Å². The molecule has 0 saturated heterocycles. The minimum atomic E-state index is -3.07. The Kier molecular flexibility index (Phi) is 3.85. The lowest BCUT2D eigenvalue weighted by Gasteiger charge is -2.30. The molecule has 2 aromatic rings. The third-order valence-electron chi connectivity index (χ3n) is 4.30. The molecular formula is C16H20N2O2S. The largest absolute Gasteiger partial charge is 0.273 e. The van der Waals surface area contributed by atoms with E-state index in [-0.39, 0.29) is 5.25 Å². The Morgan fingerprint density at radius 1 is 1.29 bits per heavy atom. The second-order valence-electron chi connectivity index (χ2n) is 5.88. The van der Waals surface area contributed by atoms with Gasteiger partial charge < -0.3 is 0 Å². The van der Waals surface area contributed by atoms with Gasteiger partial charge in [0.2, 0.25) is 0 Å². The molecule has 4 nitrogen and oxygen atoms in total. The van der Waals surface area contributed by atoms with Crippen molar-refractivity contribution in [3.8, 4) is 0 Å². The second kappa shape index (κ2) is 5.64. The van der Waals surface area contributed by atoms with Crippen molar-refractivity contribution in [2.45, 2.75) is 31.1 Å². The third kappa shape index (κ3) is 3.18. The molecule has 0 aliphatic heterocycles. The Bertz CT molecular complexity index is 708. The van der Waals surface area contributed by atoms with E-state index in [1.54, 1.807) is 6.20 Å². The second-order valence-corrected chi connectivity index (χ2v) is 8.11. The summed E-state index contributed by atoms with van der Waals surface area (Å²) in [5, 5.41) is 3.85. The van der Waals surface area contributed by atoms with Gasteiger partial charge in [-0.1, -0.05) is 24.3 Å². The Morgan fingerprint density at radius 2 is 2.10 bits per heavy atom. The van der Waals surface area contributed by atoms with Crippen molar-refractivity contribution in [2.24, 2.45) is 5.92 Å². The highest BCUT2D eigenvalue weighted by Gasteiger charge is 2.32. The number of benzene rings is 1. The molecule has 0 spiro atoms. The maximum Gasteiger partial charge on any atom is 0.154 e. The normalized spacial score (nSPS) is 22.0. The summed E-state index contributed by atoms with van der Waals surface area (Å²) in [7, 11) is -3.07. The quantitative estimate of drug-likeness (QED) is 0.872. The molecule has 1 aromatic carbocycles. The van der Waals surface area contributed by atoms with E-state index in [1.807, 2.05) is 35.1 Å². The fourth-order valence-corrected chi connectivity index (χ4v) is 4.54. The first-order chi connectivity index (χ1) is 10.0. The Hall–Kier alpha value is -1.62. The predicted octanol–water partition coefficient (Wildman–Crippen LogP) is 2.62. The van der Waals surface area contributed by atoms with Crippen molar-refractivity contribution < 1.29 is 8.42 Å². The fraction of sp³-hybridized carbons (Fsp3) is 0.438. The molecule has 1 unspecified atom stereocenters. The summed E-state index contributed by atoms with van der Waals surface area (Å²) < 4.78 is 26.1. The summed E-state index contributed by atoms with van der Waals surface area (Å²) in [5.74, 6) is 0.392. The van der Waals surface area contributed by atoms with E-state index in [2.05, 4.69) is 11.2 Å². The van der Waals surface area contributed by atoms with Crippen molar-refractivity contribution in [3.63, 3.8) is 0 Å². The molecule has 0 bridgehead atoms. The van der Waals surface area contributed by atoms with Crippen LogP contribution in [0, 0.1) is 5.92 Å². The molecule has 0 saturated carbocycles. The van der Waals surface area contributed by atoms with Crippen LogP contribution in [0.15, 0.2) is 42.7 Å². The average Bonchev–Trinajstić information content (AvgIpc) is 2.96. The van der Waals surface area contributed by atoms with Crippen LogP contribution in [-0.2, 0) is 22.8 Å². The van der Waals surface area contributed by atoms with Crippen molar-refractivity contribution in [1.29, 1.82) is 0 Å². The molecule has 112 valence electrons. The SMILES string of the molecule is CS(=O)(=O)C1C[C@H](CCn2cccn2)Cc2ccccc21. The number of aromatic nitrogens is 2. The molecular weight excluding hydrogens is 284 g/mol. The van der Waals surface area contributed by atoms with Crippen LogP contribution in [0.5, 0.6) is 0 Å². The zero-order chi connectivity index (χ0) is 14.9. The van der Waals surface area contributed by atoms with Gasteiger partial charge in [-0.25, -0.2) is 8.42 Å². The standard InChI is InChI=1S/C16H20N2O2S/c1-21(19,20)16-12-13(7-10-18-9-4-8-17-18)11-14-5-2-3-6-15(14)16/h2-6,8-9,13,16H,7,10-12H2,1H3/t13-,16?/m1/s1. The van der Waals surface area contributed by atoms with Gasteiger partial charge in [0.05, 0.1) is 5.25 Å². The van der Waals surface area contributed by atoms with Gasteiger partial charge in [-0.3, -0.25) is 4.68 Å². The van der Waals surface area contributed by atoms with E-state index in [4.69, 9.17) is 0 Å². The highest BCUT2D eigenvalue weighted by Crippen LogP contribution is 2.39. The average molecular weight is 304 g/mol. The zero-order valence-electron chi connectivity index (χ0n) is 12.1. The first kappa shape index (κ1) is 14.3. The smallest absolute Gasteiger partial charge is 0.154 e. The van der Waals surface area contributed by atoms with Gasteiger partial charge in [-0.15, -0.1) is 0 Å². The van der Waals surface area contributed by atoms with E-state index in [1.165, 1.54) is 11.8 Å². The molecule has 1 aliphatic rings. The molecule has 1 aromatic heterocycles. The van der Waals surface area contributed by atoms with Gasteiger partial charge in [0.25, 0.3) is 0 Å². The Labute approximate surface area is 125 Å². The molecule has 0 N–H and O–H groups in total. The van der Waals surface area contributed by atoms with Gasteiger partial charge >= 0.3 is 0 Å². The highest BCUT2D eigenvalue weighted by molar-refractivity contribution is 7.90. The zero-order valence-corrected chi connectivity index (χ0v) is 13.0. The van der Waals surface area contributed by atoms with E-state index in [9.17, 15) is 8.42 Å². The minimum absolute atomic E-state index is 0.356. The summed E-state index contributed by atoms with van der Waals surface area (Å²) in [6.07, 6.45) is 7.72. The van der Waals surface area contributed by atoms with Crippen LogP contribution in [0.25, 0.3) is 0 Å². The Morgan fingerprint density at radius 3 is 2.81 bits per heavy atom. The third-order valence-corrected chi connectivity index (χ3v) is 5.78. The molecule has 1 aliphatic carbocycles. The van der Waals surface area contributed by atoms with Crippen LogP contribution < -0.4 is 0 Å². The number of aryl methyl sites for hydroxylation is 1. The molecule has 0 radical (unpaired) electrons. The fourth-order valence-electron chi connectivity index (χ4n) is 3.23. The molecule has 0 amide bonds. The highest BCUT2D eigenvalue weighted by atomic mass is 32.2. The van der Waals surface area contributed by atoms with Crippen molar-refractivity contribution in [1.82, 2.24) is 9.78 Å². The topological polar surface area (TPSA) is 52.0 Å². The summed E-state index contributed by atoms with van der Waals surface area (Å²) in [5.41, 5.74) is 2.18. The van der Waals surface area contributed by atoms with E-state index >= 15 is 0 Å². The van der Waals surface area contributed by atoms with Gasteiger partial charge in [0, 0.05) is 25.2 Å². The molecule has 0 fully saturated rings. The monoisotopic (exact) mass is 304 g/mol. The molecule has 5 heteroatoms. The number of sulfone groups is 1. The maximum absolute atomic E-state index is 12.1. The van der Waals surface area contributed by atoms with Crippen LogP contribution in [0.3, 0.4) is 0 Å². The Balaban J connectivity index is 1.80. The van der Waals surface area contributed by atoms with Crippen LogP contribution in [0.2, 0.25) is 0 Å². The molecule has 3 rings (SSSR count). The van der Waals surface area contributed by atoms with Crippen LogP contribution in [0.4, 0.5) is 0 Å². The molecule has 21 heavy (non-hydrogen) atoms. The van der Waals surface area contributed by atoms with Crippen molar-refractivity contribution >= 4 is 9.84 Å². The number of hydrogen-bond acceptors (Lipinski definition) is 3. The lowest BCUT2D eigenvalue weighted by Crippen LogP contribution is -2.24. The first-order valence-corrected chi connectivity index (χ1v) is 9.23. The molecule has 2 atom stereocenters. The summed E-state index contributed by atoms with van der Waals surface area (Å²) in [4.78, 5) is 0. The molecule has 1 heterocycles. The van der Waals surface area contributed by atoms with Crippen molar-refractivity contribution in [3.05, 3.63) is 53.9 Å². The van der Waals surface area contributed by atoms with Crippen LogP contribution >= 0.6 is 0 Å². The predicted molar refractivity (Wildman–Crippen MR) is 82.7 cm³/mol. The lowest BCUT2D eigenvalue weighted by molar-refractivity contribution is 0.379. The number of rotatable bonds is 4. The van der Waals surface area contributed by atoms with E-state index in [0.717, 1.165) is 31.4 Å². The van der Waals surface area contributed by atoms with E-state index < -0.39 is 9.84 Å². The number of fused-ring (bicyclic) bond motifs is 1. The van der Waals surface area contributed by atoms with Gasteiger partial charge in [0.1, 0.15) is 0 Å². The van der Waals surface area contributed by atoms with Gasteiger partial charge in [-0.05, 0) is 42.4 Å². The summed E-state index contributed by atoms with van der Waals surface area (Å²) in [6, 6.07) is 9.86. The maximum atomic E-state index is 12.1.